The Labute approximate surface area is 173 Å². The van der Waals surface area contributed by atoms with E-state index in [1.807, 2.05) is 58.8 Å². The van der Waals surface area contributed by atoms with E-state index in [0.717, 1.165) is 35.1 Å². The van der Waals surface area contributed by atoms with Gasteiger partial charge in [-0.05, 0) is 24.3 Å². The molecule has 144 valence electrons. The molecule has 4 rings (SSSR count). The number of methoxy groups -OCH3 is 1. The van der Waals surface area contributed by atoms with Crippen LogP contribution in [0.15, 0.2) is 53.9 Å². The highest BCUT2D eigenvalue weighted by Crippen LogP contribution is 2.29. The van der Waals surface area contributed by atoms with Crippen molar-refractivity contribution in [2.24, 2.45) is 0 Å². The molecule has 0 radical (unpaired) electrons. The summed E-state index contributed by atoms with van der Waals surface area (Å²) in [5.74, 6) is 0.831. The Bertz CT molecular complexity index is 983. The summed E-state index contributed by atoms with van der Waals surface area (Å²) < 4.78 is 5.46. The zero-order valence-corrected chi connectivity index (χ0v) is 17.0. The summed E-state index contributed by atoms with van der Waals surface area (Å²) in [6.07, 6.45) is 0. The largest absolute Gasteiger partial charge is 0.495 e. The molecule has 0 bridgehead atoms. The van der Waals surface area contributed by atoms with E-state index in [-0.39, 0.29) is 5.91 Å². The van der Waals surface area contributed by atoms with Crippen molar-refractivity contribution in [2.45, 2.75) is 0 Å². The summed E-state index contributed by atoms with van der Waals surface area (Å²) in [7, 11) is 1.68. The third kappa shape index (κ3) is 3.84. The van der Waals surface area contributed by atoms with Crippen molar-refractivity contribution in [3.63, 3.8) is 0 Å². The van der Waals surface area contributed by atoms with Crippen molar-refractivity contribution in [1.29, 1.82) is 0 Å². The summed E-state index contributed by atoms with van der Waals surface area (Å²) in [6, 6.07) is 15.5. The van der Waals surface area contributed by atoms with E-state index in [4.69, 9.17) is 16.3 Å². The highest BCUT2D eigenvalue weighted by molar-refractivity contribution is 7.13. The molecule has 0 saturated carbocycles. The fraction of sp³-hybridized carbons (Fsp3) is 0.238. The van der Waals surface area contributed by atoms with E-state index in [9.17, 15) is 4.79 Å². The third-order valence-electron chi connectivity index (χ3n) is 4.79. The topological polar surface area (TPSA) is 45.7 Å². The zero-order valence-electron chi connectivity index (χ0n) is 15.5. The Hall–Kier alpha value is -2.57. The molecule has 1 fully saturated rings. The van der Waals surface area contributed by atoms with Crippen molar-refractivity contribution < 1.29 is 9.53 Å². The van der Waals surface area contributed by atoms with Crippen LogP contribution in [0.5, 0.6) is 5.75 Å². The van der Waals surface area contributed by atoms with Crippen LogP contribution in [0, 0.1) is 0 Å². The first-order valence-corrected chi connectivity index (χ1v) is 10.3. The smallest absolute Gasteiger partial charge is 0.273 e. The third-order valence-corrected chi connectivity index (χ3v) is 5.91. The highest BCUT2D eigenvalue weighted by atomic mass is 35.5. The monoisotopic (exact) mass is 413 g/mol. The second-order valence-electron chi connectivity index (χ2n) is 6.50. The standard InChI is InChI=1S/C21H20ClN3O2S/c1-27-19-8-3-2-7-18(19)24-9-11-25(12-10-24)21(26)17-14-28-20(23-17)15-5-4-6-16(22)13-15/h2-8,13-14H,9-12H2,1H3. The molecule has 3 aromatic rings. The number of nitrogens with zero attached hydrogens (tertiary/aromatic N) is 3. The van der Waals surface area contributed by atoms with E-state index >= 15 is 0 Å². The molecule has 0 atom stereocenters. The van der Waals surface area contributed by atoms with Gasteiger partial charge in [-0.3, -0.25) is 4.79 Å². The van der Waals surface area contributed by atoms with Crippen LogP contribution in [0.25, 0.3) is 10.6 Å². The molecule has 0 aliphatic carbocycles. The molecular formula is C21H20ClN3O2S. The van der Waals surface area contributed by atoms with Gasteiger partial charge in [-0.1, -0.05) is 35.9 Å². The summed E-state index contributed by atoms with van der Waals surface area (Å²) in [6.45, 7) is 2.83. The summed E-state index contributed by atoms with van der Waals surface area (Å²) >= 11 is 7.52. The van der Waals surface area contributed by atoms with Gasteiger partial charge in [0.2, 0.25) is 0 Å². The Morgan fingerprint density at radius 3 is 2.64 bits per heavy atom. The SMILES string of the molecule is COc1ccccc1N1CCN(C(=O)c2csc(-c3cccc(Cl)c3)n2)CC1. The molecule has 0 spiro atoms. The van der Waals surface area contributed by atoms with Gasteiger partial charge in [-0.15, -0.1) is 11.3 Å². The minimum atomic E-state index is -0.0239. The number of carbonyl (C=O) groups is 1. The first kappa shape index (κ1) is 18.8. The molecule has 0 N–H and O–H groups in total. The maximum absolute atomic E-state index is 12.9. The number of hydrogen-bond acceptors (Lipinski definition) is 5. The van der Waals surface area contributed by atoms with Gasteiger partial charge in [-0.25, -0.2) is 4.98 Å². The molecule has 1 aliphatic rings. The Balaban J connectivity index is 1.43. The molecule has 1 aromatic heterocycles. The van der Waals surface area contributed by atoms with Crippen LogP contribution < -0.4 is 9.64 Å². The van der Waals surface area contributed by atoms with Gasteiger partial charge < -0.3 is 14.5 Å². The van der Waals surface area contributed by atoms with Crippen LogP contribution in [0.1, 0.15) is 10.5 Å². The number of hydrogen-bond donors (Lipinski definition) is 0. The summed E-state index contributed by atoms with van der Waals surface area (Å²) in [5.41, 5.74) is 2.48. The van der Waals surface area contributed by atoms with Crippen LogP contribution in [-0.2, 0) is 0 Å². The van der Waals surface area contributed by atoms with E-state index in [2.05, 4.69) is 9.88 Å². The molecule has 2 heterocycles. The molecule has 28 heavy (non-hydrogen) atoms. The molecule has 7 heteroatoms. The van der Waals surface area contributed by atoms with Gasteiger partial charge in [0.25, 0.3) is 5.91 Å². The Morgan fingerprint density at radius 1 is 1.11 bits per heavy atom. The van der Waals surface area contributed by atoms with Gasteiger partial charge in [0.15, 0.2) is 0 Å². The zero-order chi connectivity index (χ0) is 19.5. The van der Waals surface area contributed by atoms with Gasteiger partial charge in [0, 0.05) is 42.1 Å². The minimum Gasteiger partial charge on any atom is -0.495 e. The number of halogens is 1. The lowest BCUT2D eigenvalue weighted by molar-refractivity contribution is 0.0741. The molecule has 1 saturated heterocycles. The van der Waals surface area contributed by atoms with Gasteiger partial charge in [-0.2, -0.15) is 0 Å². The fourth-order valence-corrected chi connectivity index (χ4v) is 4.31. The molecule has 5 nitrogen and oxygen atoms in total. The van der Waals surface area contributed by atoms with E-state index in [0.29, 0.717) is 23.8 Å². The lowest BCUT2D eigenvalue weighted by Crippen LogP contribution is -2.49. The van der Waals surface area contributed by atoms with Crippen LogP contribution in [0.4, 0.5) is 5.69 Å². The number of anilines is 1. The molecule has 2 aromatic carbocycles. The molecule has 0 unspecified atom stereocenters. The van der Waals surface area contributed by atoms with E-state index < -0.39 is 0 Å². The predicted molar refractivity (Wildman–Crippen MR) is 114 cm³/mol. The van der Waals surface area contributed by atoms with Crippen molar-refractivity contribution in [1.82, 2.24) is 9.88 Å². The van der Waals surface area contributed by atoms with Crippen molar-refractivity contribution in [3.8, 4) is 16.3 Å². The maximum atomic E-state index is 12.9. The summed E-state index contributed by atoms with van der Waals surface area (Å²) in [5, 5.41) is 3.29. The second kappa shape index (κ2) is 8.20. The predicted octanol–water partition coefficient (Wildman–Crippen LogP) is 4.43. The number of para-hydroxylation sites is 2. The van der Waals surface area contributed by atoms with Crippen LogP contribution >= 0.6 is 22.9 Å². The normalized spacial score (nSPS) is 14.2. The minimum absolute atomic E-state index is 0.0239. The number of amides is 1. The number of benzene rings is 2. The van der Waals surface area contributed by atoms with Crippen LogP contribution in [0.3, 0.4) is 0 Å². The molecule has 1 aliphatic heterocycles. The Morgan fingerprint density at radius 2 is 1.89 bits per heavy atom. The van der Waals surface area contributed by atoms with Crippen molar-refractivity contribution in [2.75, 3.05) is 38.2 Å². The van der Waals surface area contributed by atoms with Gasteiger partial charge in [0.05, 0.1) is 12.8 Å². The average Bonchev–Trinajstić information content (AvgIpc) is 3.24. The van der Waals surface area contributed by atoms with Crippen molar-refractivity contribution in [3.05, 3.63) is 64.6 Å². The molecular weight excluding hydrogens is 394 g/mol. The maximum Gasteiger partial charge on any atom is 0.273 e. The van der Waals surface area contributed by atoms with Gasteiger partial charge >= 0.3 is 0 Å². The number of aromatic nitrogens is 1. The number of piperazine rings is 1. The fourth-order valence-electron chi connectivity index (χ4n) is 3.33. The number of carbonyl (C=O) groups excluding carboxylic acids is 1. The first-order valence-electron chi connectivity index (χ1n) is 9.04. The second-order valence-corrected chi connectivity index (χ2v) is 7.79. The quantitative estimate of drug-likeness (QED) is 0.634. The number of rotatable bonds is 4. The highest BCUT2D eigenvalue weighted by Gasteiger charge is 2.25. The van der Waals surface area contributed by atoms with Crippen LogP contribution in [-0.4, -0.2) is 49.1 Å². The molecule has 1 amide bonds. The van der Waals surface area contributed by atoms with Gasteiger partial charge in [0.1, 0.15) is 16.5 Å². The summed E-state index contributed by atoms with van der Waals surface area (Å²) in [4.78, 5) is 21.5. The first-order chi connectivity index (χ1) is 13.7. The lowest BCUT2D eigenvalue weighted by Gasteiger charge is -2.36. The Kier molecular flexibility index (Phi) is 5.50. The van der Waals surface area contributed by atoms with E-state index in [1.54, 1.807) is 7.11 Å². The number of ether oxygens (including phenoxy) is 1. The lowest BCUT2D eigenvalue weighted by atomic mass is 10.2. The van der Waals surface area contributed by atoms with E-state index in [1.165, 1.54) is 11.3 Å². The average molecular weight is 414 g/mol. The van der Waals surface area contributed by atoms with Crippen LogP contribution in [0.2, 0.25) is 5.02 Å². The number of thiazole rings is 1. The van der Waals surface area contributed by atoms with Crippen molar-refractivity contribution >= 4 is 34.5 Å².